The Labute approximate surface area is 57.3 Å². The van der Waals surface area contributed by atoms with Gasteiger partial charge in [-0.05, 0) is 20.3 Å². The van der Waals surface area contributed by atoms with Crippen molar-refractivity contribution >= 4 is 0 Å². The van der Waals surface area contributed by atoms with Crippen molar-refractivity contribution in [3.05, 3.63) is 0 Å². The molecule has 0 fully saturated rings. The summed E-state index contributed by atoms with van der Waals surface area (Å²) in [6, 6.07) is 0.527. The number of hydrogen-bond acceptors (Lipinski definition) is 2. The number of hydrogen-bond donors (Lipinski definition) is 2. The molecule has 0 amide bonds. The standard InChI is InChI=1S/C7H17NO/c1-4-6(2)8-5-7(3)9/h6-9H,4-5H2,1-3H3/t6-,7-/m0/s1. The van der Waals surface area contributed by atoms with E-state index in [1.165, 1.54) is 0 Å². The van der Waals surface area contributed by atoms with Crippen molar-refractivity contribution in [3.8, 4) is 0 Å². The van der Waals surface area contributed by atoms with Crippen molar-refractivity contribution in [3.63, 3.8) is 0 Å². The van der Waals surface area contributed by atoms with Gasteiger partial charge in [-0.1, -0.05) is 6.92 Å². The van der Waals surface area contributed by atoms with Crippen LogP contribution in [-0.4, -0.2) is 23.8 Å². The molecule has 0 aromatic rings. The van der Waals surface area contributed by atoms with Crippen LogP contribution in [0.2, 0.25) is 0 Å². The van der Waals surface area contributed by atoms with Crippen LogP contribution >= 0.6 is 0 Å². The topological polar surface area (TPSA) is 32.3 Å². The first kappa shape index (κ1) is 8.92. The molecule has 0 spiro atoms. The minimum absolute atomic E-state index is 0.223. The molecular formula is C7H17NO. The zero-order valence-electron chi connectivity index (χ0n) is 6.52. The molecule has 2 heteroatoms. The third-order valence-corrected chi connectivity index (χ3v) is 1.37. The highest BCUT2D eigenvalue weighted by Crippen LogP contribution is 1.87. The number of rotatable bonds is 4. The van der Waals surface area contributed by atoms with Crippen molar-refractivity contribution < 1.29 is 5.11 Å². The van der Waals surface area contributed by atoms with Gasteiger partial charge in [-0.15, -0.1) is 0 Å². The Bertz CT molecular complexity index is 63.9. The summed E-state index contributed by atoms with van der Waals surface area (Å²) in [5, 5.41) is 12.0. The van der Waals surface area contributed by atoms with Gasteiger partial charge in [0.25, 0.3) is 0 Å². The molecule has 0 aliphatic carbocycles. The largest absolute Gasteiger partial charge is 0.392 e. The SMILES string of the molecule is CC[C@H](C)NC[C@H](C)O. The lowest BCUT2D eigenvalue weighted by atomic mass is 10.2. The molecule has 2 N–H and O–H groups in total. The molecule has 0 aromatic heterocycles. The fourth-order valence-corrected chi connectivity index (χ4v) is 0.516. The van der Waals surface area contributed by atoms with Crippen LogP contribution in [0.15, 0.2) is 0 Å². The van der Waals surface area contributed by atoms with Crippen LogP contribution < -0.4 is 5.32 Å². The molecule has 0 bridgehead atoms. The van der Waals surface area contributed by atoms with Gasteiger partial charge in [-0.25, -0.2) is 0 Å². The normalized spacial score (nSPS) is 17.3. The van der Waals surface area contributed by atoms with Gasteiger partial charge in [0, 0.05) is 12.6 Å². The van der Waals surface area contributed by atoms with Crippen molar-refractivity contribution in [2.75, 3.05) is 6.54 Å². The maximum atomic E-state index is 8.83. The highest BCUT2D eigenvalue weighted by Gasteiger charge is 1.98. The summed E-state index contributed by atoms with van der Waals surface area (Å²) in [5.41, 5.74) is 0. The average molecular weight is 131 g/mol. The third-order valence-electron chi connectivity index (χ3n) is 1.37. The maximum Gasteiger partial charge on any atom is 0.0636 e. The quantitative estimate of drug-likeness (QED) is 0.590. The fraction of sp³-hybridized carbons (Fsp3) is 1.00. The lowest BCUT2D eigenvalue weighted by Gasteiger charge is -2.11. The summed E-state index contributed by atoms with van der Waals surface area (Å²) in [4.78, 5) is 0. The van der Waals surface area contributed by atoms with Crippen LogP contribution in [0.25, 0.3) is 0 Å². The molecule has 0 aliphatic heterocycles. The van der Waals surface area contributed by atoms with Gasteiger partial charge in [0.2, 0.25) is 0 Å². The first-order valence-electron chi connectivity index (χ1n) is 3.58. The molecule has 0 saturated carbocycles. The second kappa shape index (κ2) is 4.77. The number of nitrogens with one attached hydrogen (secondary N) is 1. The Kier molecular flexibility index (Phi) is 4.72. The van der Waals surface area contributed by atoms with E-state index in [0.29, 0.717) is 12.6 Å². The van der Waals surface area contributed by atoms with Gasteiger partial charge in [-0.3, -0.25) is 0 Å². The Balaban J connectivity index is 3.06. The average Bonchev–Trinajstić information content (AvgIpc) is 1.83. The van der Waals surface area contributed by atoms with Crippen LogP contribution in [-0.2, 0) is 0 Å². The fourth-order valence-electron chi connectivity index (χ4n) is 0.516. The van der Waals surface area contributed by atoms with E-state index in [0.717, 1.165) is 6.42 Å². The van der Waals surface area contributed by atoms with Gasteiger partial charge in [0.15, 0.2) is 0 Å². The summed E-state index contributed by atoms with van der Waals surface area (Å²) in [6.45, 7) is 6.73. The van der Waals surface area contributed by atoms with E-state index < -0.39 is 0 Å². The van der Waals surface area contributed by atoms with Gasteiger partial charge < -0.3 is 10.4 Å². The molecular weight excluding hydrogens is 114 g/mol. The Morgan fingerprint density at radius 1 is 1.44 bits per heavy atom. The number of aliphatic hydroxyl groups excluding tert-OH is 1. The Hall–Kier alpha value is -0.0800. The zero-order valence-corrected chi connectivity index (χ0v) is 6.52. The molecule has 0 aliphatic rings. The Morgan fingerprint density at radius 3 is 2.33 bits per heavy atom. The maximum absolute atomic E-state index is 8.83. The molecule has 0 unspecified atom stereocenters. The van der Waals surface area contributed by atoms with E-state index in [4.69, 9.17) is 5.11 Å². The minimum atomic E-state index is -0.223. The predicted molar refractivity (Wildman–Crippen MR) is 39.4 cm³/mol. The monoisotopic (exact) mass is 131 g/mol. The highest BCUT2D eigenvalue weighted by molar-refractivity contribution is 4.59. The second-order valence-corrected chi connectivity index (χ2v) is 2.57. The predicted octanol–water partition coefficient (Wildman–Crippen LogP) is 0.755. The van der Waals surface area contributed by atoms with Crippen molar-refractivity contribution in [2.45, 2.75) is 39.3 Å². The molecule has 56 valence electrons. The molecule has 9 heavy (non-hydrogen) atoms. The van der Waals surface area contributed by atoms with Crippen LogP contribution in [0.5, 0.6) is 0 Å². The zero-order chi connectivity index (χ0) is 7.28. The summed E-state index contributed by atoms with van der Waals surface area (Å²) in [6.07, 6.45) is 0.895. The van der Waals surface area contributed by atoms with Crippen molar-refractivity contribution in [1.82, 2.24) is 5.32 Å². The van der Waals surface area contributed by atoms with E-state index in [1.807, 2.05) is 0 Å². The molecule has 2 nitrogen and oxygen atoms in total. The second-order valence-electron chi connectivity index (χ2n) is 2.57. The summed E-state index contributed by atoms with van der Waals surface area (Å²) >= 11 is 0. The molecule has 0 aromatic carbocycles. The van der Waals surface area contributed by atoms with Crippen LogP contribution in [0.4, 0.5) is 0 Å². The van der Waals surface area contributed by atoms with Crippen molar-refractivity contribution in [2.24, 2.45) is 0 Å². The summed E-state index contributed by atoms with van der Waals surface area (Å²) < 4.78 is 0. The molecule has 0 rings (SSSR count). The first-order chi connectivity index (χ1) is 4.16. The highest BCUT2D eigenvalue weighted by atomic mass is 16.3. The van der Waals surface area contributed by atoms with Crippen molar-refractivity contribution in [1.29, 1.82) is 0 Å². The molecule has 2 atom stereocenters. The summed E-state index contributed by atoms with van der Waals surface area (Å²) in [5.74, 6) is 0. The summed E-state index contributed by atoms with van der Waals surface area (Å²) in [7, 11) is 0. The lowest BCUT2D eigenvalue weighted by Crippen LogP contribution is -2.31. The minimum Gasteiger partial charge on any atom is -0.392 e. The smallest absolute Gasteiger partial charge is 0.0636 e. The van der Waals surface area contributed by atoms with E-state index in [-0.39, 0.29) is 6.10 Å². The first-order valence-corrected chi connectivity index (χ1v) is 3.58. The van der Waals surface area contributed by atoms with Crippen LogP contribution in [0, 0.1) is 0 Å². The van der Waals surface area contributed by atoms with E-state index >= 15 is 0 Å². The van der Waals surface area contributed by atoms with E-state index in [9.17, 15) is 0 Å². The molecule has 0 radical (unpaired) electrons. The van der Waals surface area contributed by atoms with Gasteiger partial charge in [-0.2, -0.15) is 0 Å². The van der Waals surface area contributed by atoms with Gasteiger partial charge in [0.05, 0.1) is 6.10 Å². The van der Waals surface area contributed by atoms with Crippen LogP contribution in [0.1, 0.15) is 27.2 Å². The molecule has 0 saturated heterocycles. The van der Waals surface area contributed by atoms with Gasteiger partial charge in [0.1, 0.15) is 0 Å². The number of aliphatic hydroxyl groups is 1. The van der Waals surface area contributed by atoms with Gasteiger partial charge >= 0.3 is 0 Å². The van der Waals surface area contributed by atoms with E-state index in [2.05, 4.69) is 19.2 Å². The Morgan fingerprint density at radius 2 is 2.00 bits per heavy atom. The molecule has 0 heterocycles. The lowest BCUT2D eigenvalue weighted by molar-refractivity contribution is 0.186. The van der Waals surface area contributed by atoms with Crippen LogP contribution in [0.3, 0.4) is 0 Å². The van der Waals surface area contributed by atoms with E-state index in [1.54, 1.807) is 6.92 Å². The third kappa shape index (κ3) is 5.80.